The lowest BCUT2D eigenvalue weighted by atomic mass is 9.89. The molecular weight excluding hydrogens is 396 g/mol. The van der Waals surface area contributed by atoms with Gasteiger partial charge in [0.25, 0.3) is 0 Å². The first-order chi connectivity index (χ1) is 13.4. The van der Waals surface area contributed by atoms with Crippen molar-refractivity contribution in [1.82, 2.24) is 8.61 Å². The van der Waals surface area contributed by atoms with Gasteiger partial charge >= 0.3 is 0 Å². The van der Waals surface area contributed by atoms with E-state index < -0.39 is 25.6 Å². The predicted molar refractivity (Wildman–Crippen MR) is 105 cm³/mol. The van der Waals surface area contributed by atoms with Crippen molar-refractivity contribution >= 4 is 20.0 Å². The second-order valence-corrected chi connectivity index (χ2v) is 11.7. The van der Waals surface area contributed by atoms with Crippen LogP contribution in [0.2, 0.25) is 0 Å². The topological polar surface area (TPSA) is 74.8 Å². The third-order valence-corrected chi connectivity index (χ3v) is 10.00. The number of hydrogen-bond acceptors (Lipinski definition) is 4. The lowest BCUT2D eigenvalue weighted by Gasteiger charge is -2.34. The third kappa shape index (κ3) is 2.58. The molecule has 1 saturated heterocycles. The van der Waals surface area contributed by atoms with Crippen molar-refractivity contribution in [3.63, 3.8) is 0 Å². The van der Waals surface area contributed by atoms with Crippen molar-refractivity contribution in [3.8, 4) is 0 Å². The van der Waals surface area contributed by atoms with Gasteiger partial charge < -0.3 is 0 Å². The molecule has 3 aliphatic rings. The Morgan fingerprint density at radius 2 is 1.68 bits per heavy atom. The van der Waals surface area contributed by atoms with E-state index in [1.165, 1.54) is 4.31 Å². The summed E-state index contributed by atoms with van der Waals surface area (Å²) in [6, 6.07) is 15.4. The fourth-order valence-corrected chi connectivity index (χ4v) is 8.15. The Balaban J connectivity index is 1.59. The fourth-order valence-electron chi connectivity index (χ4n) is 4.50. The van der Waals surface area contributed by atoms with E-state index in [2.05, 4.69) is 0 Å². The van der Waals surface area contributed by atoms with E-state index in [-0.39, 0.29) is 11.4 Å². The average molecular weight is 419 g/mol. The minimum atomic E-state index is -3.67. The highest BCUT2D eigenvalue weighted by molar-refractivity contribution is 7.89. The van der Waals surface area contributed by atoms with E-state index in [1.54, 1.807) is 46.8 Å². The van der Waals surface area contributed by atoms with Gasteiger partial charge in [0, 0.05) is 19.6 Å². The van der Waals surface area contributed by atoms with E-state index in [1.807, 2.05) is 12.1 Å². The Hall–Kier alpha value is -1.74. The molecule has 0 bridgehead atoms. The summed E-state index contributed by atoms with van der Waals surface area (Å²) < 4.78 is 55.9. The molecule has 2 aromatic carbocycles. The molecule has 1 atom stereocenters. The van der Waals surface area contributed by atoms with Gasteiger partial charge in [0.1, 0.15) is 0 Å². The standard InChI is InChI=1S/C20H22N2O4S2/c23-27(24,17-6-2-1-3-7-17)21-13-12-20(15-21)18-8-4-5-9-19(18)28(25,26)22(20)14-16-10-11-16/h1-9,16H,10-15H2. The first-order valence-corrected chi connectivity index (χ1v) is 12.4. The zero-order valence-electron chi connectivity index (χ0n) is 15.4. The Morgan fingerprint density at radius 1 is 1.00 bits per heavy atom. The molecule has 8 heteroatoms. The number of sulfonamides is 2. The first-order valence-electron chi connectivity index (χ1n) is 9.53. The second-order valence-electron chi connectivity index (χ2n) is 7.91. The van der Waals surface area contributed by atoms with Gasteiger partial charge in [0.05, 0.1) is 15.3 Å². The molecule has 2 aromatic rings. The molecule has 2 heterocycles. The largest absolute Gasteiger partial charge is 0.244 e. The van der Waals surface area contributed by atoms with E-state index >= 15 is 0 Å². The van der Waals surface area contributed by atoms with Crippen LogP contribution >= 0.6 is 0 Å². The number of nitrogens with zero attached hydrogens (tertiary/aromatic N) is 2. The summed E-state index contributed by atoms with van der Waals surface area (Å²) in [6.07, 6.45) is 2.54. The number of hydrogen-bond donors (Lipinski definition) is 0. The molecule has 0 aromatic heterocycles. The van der Waals surface area contributed by atoms with Crippen molar-refractivity contribution < 1.29 is 16.8 Å². The summed E-state index contributed by atoms with van der Waals surface area (Å²) in [6.45, 7) is 0.936. The monoisotopic (exact) mass is 418 g/mol. The summed E-state index contributed by atoms with van der Waals surface area (Å²) in [5.41, 5.74) is -0.0683. The predicted octanol–water partition coefficient (Wildman–Crippen LogP) is 2.39. The zero-order valence-corrected chi connectivity index (χ0v) is 17.0. The maximum Gasteiger partial charge on any atom is 0.244 e. The van der Waals surface area contributed by atoms with Crippen molar-refractivity contribution in [2.24, 2.45) is 5.92 Å². The maximum atomic E-state index is 13.3. The average Bonchev–Trinajstić information content (AvgIpc) is 3.38. The van der Waals surface area contributed by atoms with Gasteiger partial charge in [-0.2, -0.15) is 8.61 Å². The van der Waals surface area contributed by atoms with Crippen molar-refractivity contribution in [2.75, 3.05) is 19.6 Å². The van der Waals surface area contributed by atoms with Gasteiger partial charge in [-0.25, -0.2) is 16.8 Å². The van der Waals surface area contributed by atoms with Gasteiger partial charge in [-0.1, -0.05) is 36.4 Å². The lowest BCUT2D eigenvalue weighted by Crippen LogP contribution is -2.47. The number of rotatable bonds is 4. The van der Waals surface area contributed by atoms with Gasteiger partial charge in [-0.3, -0.25) is 0 Å². The minimum absolute atomic E-state index is 0.160. The van der Waals surface area contributed by atoms with E-state index in [4.69, 9.17) is 0 Å². The molecule has 5 rings (SSSR count). The van der Waals surface area contributed by atoms with E-state index in [0.717, 1.165) is 18.4 Å². The molecule has 1 unspecified atom stereocenters. The van der Waals surface area contributed by atoms with Crippen LogP contribution < -0.4 is 0 Å². The highest BCUT2D eigenvalue weighted by Gasteiger charge is 2.58. The summed E-state index contributed by atoms with van der Waals surface area (Å²) in [5, 5.41) is 0. The molecule has 1 aliphatic carbocycles. The Morgan fingerprint density at radius 3 is 2.39 bits per heavy atom. The number of fused-ring (bicyclic) bond motifs is 2. The van der Waals surface area contributed by atoms with Crippen molar-refractivity contribution in [3.05, 3.63) is 60.2 Å². The molecule has 2 aliphatic heterocycles. The molecule has 148 valence electrons. The molecule has 1 spiro atoms. The van der Waals surface area contributed by atoms with E-state index in [9.17, 15) is 16.8 Å². The summed E-state index contributed by atoms with van der Waals surface area (Å²) in [4.78, 5) is 0.574. The number of benzene rings is 2. The van der Waals surface area contributed by atoms with Crippen LogP contribution in [0.25, 0.3) is 0 Å². The second kappa shape index (κ2) is 6.13. The van der Waals surface area contributed by atoms with Gasteiger partial charge in [0.2, 0.25) is 20.0 Å². The van der Waals surface area contributed by atoms with Gasteiger partial charge in [0.15, 0.2) is 0 Å². The van der Waals surface area contributed by atoms with E-state index in [0.29, 0.717) is 30.3 Å². The smallest absolute Gasteiger partial charge is 0.207 e. The van der Waals surface area contributed by atoms with Crippen LogP contribution in [0.1, 0.15) is 24.8 Å². The quantitative estimate of drug-likeness (QED) is 0.764. The third-order valence-electron chi connectivity index (χ3n) is 6.15. The lowest BCUT2D eigenvalue weighted by molar-refractivity contribution is 0.204. The summed E-state index contributed by atoms with van der Waals surface area (Å²) >= 11 is 0. The molecule has 6 nitrogen and oxygen atoms in total. The van der Waals surface area contributed by atoms with Crippen molar-refractivity contribution in [1.29, 1.82) is 0 Å². The molecule has 2 fully saturated rings. The fraction of sp³-hybridized carbons (Fsp3) is 0.400. The van der Waals surface area contributed by atoms with Crippen LogP contribution in [0.3, 0.4) is 0 Å². The Bertz CT molecular complexity index is 1130. The minimum Gasteiger partial charge on any atom is -0.207 e. The van der Waals surface area contributed by atoms with Gasteiger partial charge in [-0.15, -0.1) is 0 Å². The van der Waals surface area contributed by atoms with Gasteiger partial charge in [-0.05, 0) is 48.9 Å². The molecule has 28 heavy (non-hydrogen) atoms. The molecule has 0 radical (unpaired) electrons. The molecule has 0 N–H and O–H groups in total. The Kier molecular flexibility index (Phi) is 4.00. The zero-order chi connectivity index (χ0) is 19.6. The van der Waals surface area contributed by atoms with Crippen LogP contribution in [0.15, 0.2) is 64.4 Å². The van der Waals surface area contributed by atoms with Crippen LogP contribution in [-0.2, 0) is 25.6 Å². The summed E-state index contributed by atoms with van der Waals surface area (Å²) in [7, 11) is -7.28. The van der Waals surface area contributed by atoms with Crippen LogP contribution in [0, 0.1) is 5.92 Å². The normalized spacial score (nSPS) is 27.3. The first kappa shape index (κ1) is 18.3. The van der Waals surface area contributed by atoms with Crippen molar-refractivity contribution in [2.45, 2.75) is 34.6 Å². The van der Waals surface area contributed by atoms with Crippen LogP contribution in [0.5, 0.6) is 0 Å². The SMILES string of the molecule is O=S(=O)(c1ccccc1)N1CCC2(C1)c1ccccc1S(=O)(=O)N2CC1CC1. The van der Waals surface area contributed by atoms with Crippen LogP contribution in [-0.4, -0.2) is 45.1 Å². The van der Waals surface area contributed by atoms with Crippen LogP contribution in [0.4, 0.5) is 0 Å². The highest BCUT2D eigenvalue weighted by Crippen LogP contribution is 2.51. The molecule has 1 saturated carbocycles. The highest BCUT2D eigenvalue weighted by atomic mass is 32.2. The molecular formula is C20H22N2O4S2. The maximum absolute atomic E-state index is 13.3. The summed E-state index contributed by atoms with van der Waals surface area (Å²) in [5.74, 6) is 0.376. The molecule has 0 amide bonds. The Labute approximate surface area is 165 Å².